The van der Waals surface area contributed by atoms with E-state index in [9.17, 15) is 9.59 Å². The number of nitrogens with one attached hydrogen (secondary N) is 1. The molecule has 3 rings (SSSR count). The number of pyridine rings is 1. The molecule has 126 valence electrons. The van der Waals surface area contributed by atoms with Crippen molar-refractivity contribution in [2.24, 2.45) is 0 Å². The molecule has 8 nitrogen and oxygen atoms in total. The predicted octanol–water partition coefficient (Wildman–Crippen LogP) is 1.25. The second kappa shape index (κ2) is 7.82. The van der Waals surface area contributed by atoms with E-state index in [-0.39, 0.29) is 24.8 Å². The normalized spacial score (nSPS) is 10.2. The lowest BCUT2D eigenvalue weighted by Gasteiger charge is -2.05. The van der Waals surface area contributed by atoms with Gasteiger partial charge in [0.2, 0.25) is 0 Å². The summed E-state index contributed by atoms with van der Waals surface area (Å²) in [5.74, 6) is -0.853. The van der Waals surface area contributed by atoms with Gasteiger partial charge >= 0.3 is 5.97 Å². The van der Waals surface area contributed by atoms with Gasteiger partial charge in [-0.1, -0.05) is 23.4 Å². The summed E-state index contributed by atoms with van der Waals surface area (Å²) in [4.78, 5) is 27.6. The highest BCUT2D eigenvalue weighted by molar-refractivity contribution is 5.94. The van der Waals surface area contributed by atoms with E-state index in [1.165, 1.54) is 23.3 Å². The average Bonchev–Trinajstić information content (AvgIpc) is 3.16. The van der Waals surface area contributed by atoms with Crippen molar-refractivity contribution in [3.05, 3.63) is 72.3 Å². The van der Waals surface area contributed by atoms with E-state index in [1.807, 2.05) is 30.3 Å². The van der Waals surface area contributed by atoms with Gasteiger partial charge in [0.05, 0.1) is 18.4 Å². The summed E-state index contributed by atoms with van der Waals surface area (Å²) in [6.45, 7) is 0.230. The highest BCUT2D eigenvalue weighted by Crippen LogP contribution is 2.06. The second-order valence-corrected chi connectivity index (χ2v) is 5.01. The van der Waals surface area contributed by atoms with Crippen molar-refractivity contribution in [3.8, 4) is 5.69 Å². The van der Waals surface area contributed by atoms with Gasteiger partial charge in [0, 0.05) is 18.0 Å². The van der Waals surface area contributed by atoms with E-state index in [1.54, 1.807) is 12.1 Å². The number of hydrogen-bond donors (Lipinski definition) is 1. The number of rotatable bonds is 6. The van der Waals surface area contributed by atoms with Crippen molar-refractivity contribution in [1.29, 1.82) is 0 Å². The number of benzene rings is 1. The van der Waals surface area contributed by atoms with Gasteiger partial charge in [-0.05, 0) is 24.3 Å². The van der Waals surface area contributed by atoms with Crippen molar-refractivity contribution in [2.75, 3.05) is 13.2 Å². The van der Waals surface area contributed by atoms with Gasteiger partial charge in [-0.25, -0.2) is 9.48 Å². The lowest BCUT2D eigenvalue weighted by molar-refractivity contribution is 0.0496. The Morgan fingerprint density at radius 1 is 1.08 bits per heavy atom. The molecular weight excluding hydrogens is 322 g/mol. The van der Waals surface area contributed by atoms with Gasteiger partial charge in [-0.2, -0.15) is 0 Å². The largest absolute Gasteiger partial charge is 0.459 e. The van der Waals surface area contributed by atoms with Crippen molar-refractivity contribution >= 4 is 11.9 Å². The molecule has 0 saturated carbocycles. The van der Waals surface area contributed by atoms with Gasteiger partial charge in [-0.3, -0.25) is 9.78 Å². The van der Waals surface area contributed by atoms with E-state index in [4.69, 9.17) is 4.74 Å². The fourth-order valence-corrected chi connectivity index (χ4v) is 2.05. The molecule has 8 heteroatoms. The number of esters is 1. The molecular formula is C17H15N5O3. The molecule has 3 aromatic rings. The first kappa shape index (κ1) is 16.3. The van der Waals surface area contributed by atoms with Crippen molar-refractivity contribution in [3.63, 3.8) is 0 Å². The van der Waals surface area contributed by atoms with Crippen molar-refractivity contribution in [1.82, 2.24) is 25.3 Å². The minimum atomic E-state index is -0.597. The van der Waals surface area contributed by atoms with Crippen LogP contribution < -0.4 is 5.32 Å². The molecule has 0 spiro atoms. The van der Waals surface area contributed by atoms with Crippen LogP contribution in [-0.4, -0.2) is 45.0 Å². The Balaban J connectivity index is 1.47. The van der Waals surface area contributed by atoms with E-state index >= 15 is 0 Å². The molecule has 0 fully saturated rings. The second-order valence-electron chi connectivity index (χ2n) is 5.01. The monoisotopic (exact) mass is 337 g/mol. The van der Waals surface area contributed by atoms with Gasteiger partial charge in [0.15, 0.2) is 5.69 Å². The minimum absolute atomic E-state index is 0.0356. The summed E-state index contributed by atoms with van der Waals surface area (Å²) in [6.07, 6.45) is 4.56. The van der Waals surface area contributed by atoms with Crippen molar-refractivity contribution in [2.45, 2.75) is 0 Å². The third-order valence-corrected chi connectivity index (χ3v) is 3.29. The van der Waals surface area contributed by atoms with Crippen LogP contribution in [-0.2, 0) is 4.74 Å². The number of nitrogens with zero attached hydrogens (tertiary/aromatic N) is 4. The molecule has 2 heterocycles. The first-order chi connectivity index (χ1) is 12.2. The number of amides is 1. The molecule has 25 heavy (non-hydrogen) atoms. The van der Waals surface area contributed by atoms with Gasteiger partial charge in [0.25, 0.3) is 5.91 Å². The number of carbonyl (C=O) groups excluding carboxylic acids is 2. The Kier molecular flexibility index (Phi) is 5.10. The highest BCUT2D eigenvalue weighted by atomic mass is 16.5. The maximum Gasteiger partial charge on any atom is 0.360 e. The molecule has 1 aromatic carbocycles. The molecule has 0 saturated heterocycles. The number of ether oxygens (including phenoxy) is 1. The van der Waals surface area contributed by atoms with Gasteiger partial charge < -0.3 is 10.1 Å². The van der Waals surface area contributed by atoms with Crippen LogP contribution in [0.2, 0.25) is 0 Å². The predicted molar refractivity (Wildman–Crippen MR) is 88.2 cm³/mol. The Morgan fingerprint density at radius 2 is 1.84 bits per heavy atom. The van der Waals surface area contributed by atoms with Crippen LogP contribution in [0, 0.1) is 0 Å². The van der Waals surface area contributed by atoms with Gasteiger partial charge in [0.1, 0.15) is 6.61 Å². The molecule has 0 radical (unpaired) electrons. The maximum absolute atomic E-state index is 11.9. The van der Waals surface area contributed by atoms with Crippen LogP contribution in [0.3, 0.4) is 0 Å². The van der Waals surface area contributed by atoms with Crippen LogP contribution in [0.4, 0.5) is 0 Å². The topological polar surface area (TPSA) is 99.0 Å². The Labute approximate surface area is 143 Å². The molecule has 0 atom stereocenters. The van der Waals surface area contributed by atoms with E-state index in [2.05, 4.69) is 20.6 Å². The maximum atomic E-state index is 11.9. The summed E-state index contributed by atoms with van der Waals surface area (Å²) in [6, 6.07) is 12.5. The molecule has 1 N–H and O–H groups in total. The smallest absolute Gasteiger partial charge is 0.360 e. The summed E-state index contributed by atoms with van der Waals surface area (Å²) in [7, 11) is 0. The SMILES string of the molecule is O=C(NCCOC(=O)c1cn(-c2ccccc2)nn1)c1ccncc1. The molecule has 0 aliphatic heterocycles. The zero-order valence-electron chi connectivity index (χ0n) is 13.2. The van der Waals surface area contributed by atoms with E-state index < -0.39 is 5.97 Å². The standard InChI is InChI=1S/C17H15N5O3/c23-16(13-6-8-18-9-7-13)19-10-11-25-17(24)15-12-22(21-20-15)14-4-2-1-3-5-14/h1-9,12H,10-11H2,(H,19,23). The molecule has 0 unspecified atom stereocenters. The highest BCUT2D eigenvalue weighted by Gasteiger charge is 2.13. The molecule has 1 amide bonds. The third kappa shape index (κ3) is 4.25. The third-order valence-electron chi connectivity index (χ3n) is 3.29. The van der Waals surface area contributed by atoms with Crippen LogP contribution in [0.25, 0.3) is 5.69 Å². The number of aromatic nitrogens is 4. The number of hydrogen-bond acceptors (Lipinski definition) is 6. The fourth-order valence-electron chi connectivity index (χ4n) is 2.05. The number of para-hydroxylation sites is 1. The summed E-state index contributed by atoms with van der Waals surface area (Å²) in [5, 5.41) is 10.3. The zero-order chi connectivity index (χ0) is 17.5. The summed E-state index contributed by atoms with van der Waals surface area (Å²) < 4.78 is 6.57. The molecule has 0 aliphatic carbocycles. The van der Waals surface area contributed by atoms with E-state index in [0.717, 1.165) is 5.69 Å². The van der Waals surface area contributed by atoms with Crippen LogP contribution in [0.1, 0.15) is 20.8 Å². The van der Waals surface area contributed by atoms with E-state index in [0.29, 0.717) is 5.56 Å². The summed E-state index contributed by atoms with van der Waals surface area (Å²) in [5.41, 5.74) is 1.38. The van der Waals surface area contributed by atoms with Crippen LogP contribution in [0.15, 0.2) is 61.1 Å². The summed E-state index contributed by atoms with van der Waals surface area (Å²) >= 11 is 0. The first-order valence-corrected chi connectivity index (χ1v) is 7.57. The first-order valence-electron chi connectivity index (χ1n) is 7.57. The quantitative estimate of drug-likeness (QED) is 0.537. The lowest BCUT2D eigenvalue weighted by Crippen LogP contribution is -2.28. The Morgan fingerprint density at radius 3 is 2.60 bits per heavy atom. The Bertz CT molecular complexity index is 849. The molecule has 0 aliphatic rings. The molecule has 0 bridgehead atoms. The average molecular weight is 337 g/mol. The molecule has 2 aromatic heterocycles. The van der Waals surface area contributed by atoms with Crippen LogP contribution in [0.5, 0.6) is 0 Å². The van der Waals surface area contributed by atoms with Gasteiger partial charge in [-0.15, -0.1) is 5.10 Å². The zero-order valence-corrected chi connectivity index (χ0v) is 13.2. The Hall–Kier alpha value is -3.55. The van der Waals surface area contributed by atoms with Crippen molar-refractivity contribution < 1.29 is 14.3 Å². The van der Waals surface area contributed by atoms with Crippen LogP contribution >= 0.6 is 0 Å². The lowest BCUT2D eigenvalue weighted by atomic mass is 10.2. The minimum Gasteiger partial charge on any atom is -0.459 e. The fraction of sp³-hybridized carbons (Fsp3) is 0.118. The number of carbonyl (C=O) groups is 2.